The molecule has 0 saturated carbocycles. The van der Waals surface area contributed by atoms with Gasteiger partial charge in [0.2, 0.25) is 17.2 Å². The number of aliphatic hydroxyl groups is 5. The van der Waals surface area contributed by atoms with Gasteiger partial charge < -0.3 is 87.9 Å². The molecule has 8 rings (SSSR count). The first-order valence-corrected chi connectivity index (χ1v) is 33.9. The highest BCUT2D eigenvalue weighted by Gasteiger charge is 2.52. The molecule has 1 aromatic carbocycles. The van der Waals surface area contributed by atoms with Gasteiger partial charge in [-0.3, -0.25) is 19.2 Å². The number of hydroxylamine groups is 1. The Kier molecular flexibility index (Phi) is 26.0. The van der Waals surface area contributed by atoms with Crippen molar-refractivity contribution < 1.29 is 96.9 Å². The van der Waals surface area contributed by atoms with Crippen LogP contribution < -0.4 is 25.0 Å². The molecule has 488 valence electrons. The number of piperidine rings is 1. The van der Waals surface area contributed by atoms with Crippen molar-refractivity contribution >= 4 is 72.6 Å². The topological polar surface area (TPSA) is 290 Å². The summed E-state index contributed by atoms with van der Waals surface area (Å²) >= 11 is 2.85. The van der Waals surface area contributed by atoms with Crippen molar-refractivity contribution in [3.05, 3.63) is 49.6 Å². The number of aliphatic hydroxyl groups excluding tert-OH is 4. The monoisotopic (exact) mass is 1400 g/mol. The van der Waals surface area contributed by atoms with Crippen LogP contribution >= 0.6 is 55.9 Å². The summed E-state index contributed by atoms with van der Waals surface area (Å²) in [6.45, 7) is 12.9. The molecule has 0 radical (unpaired) electrons. The lowest BCUT2D eigenvalue weighted by Crippen LogP contribution is -2.65. The summed E-state index contributed by atoms with van der Waals surface area (Å²) in [5.74, 6) is 11.7. The number of carbonyl (C=O) groups excluding carboxylic acids is 3. The van der Waals surface area contributed by atoms with Crippen molar-refractivity contribution in [2.45, 2.75) is 201 Å². The Morgan fingerprint density at radius 2 is 1.60 bits per heavy atom. The molecular formula is C61H84IN3O20S3. The summed E-state index contributed by atoms with van der Waals surface area (Å²) in [6, 6.07) is -1.22. The van der Waals surface area contributed by atoms with E-state index in [2.05, 4.69) is 46.4 Å². The molecule has 23 nitrogen and oxygen atoms in total. The number of benzene rings is 1. The number of nitrogens with zero attached hydrogens (tertiary/aromatic N) is 1. The summed E-state index contributed by atoms with van der Waals surface area (Å²) in [7, 11) is 11.2. The van der Waals surface area contributed by atoms with Crippen molar-refractivity contribution in [2.24, 2.45) is 0 Å². The van der Waals surface area contributed by atoms with E-state index in [9.17, 15) is 39.9 Å². The molecule has 5 saturated heterocycles. The molecule has 5 aliphatic heterocycles. The van der Waals surface area contributed by atoms with Crippen LogP contribution in [-0.4, -0.2) is 235 Å². The van der Waals surface area contributed by atoms with E-state index in [-0.39, 0.29) is 83.3 Å². The lowest BCUT2D eigenvalue weighted by molar-refractivity contribution is -0.336. The number of ketones is 2. The number of hydrogen-bond donors (Lipinski definition) is 7. The number of hydrogen-bond acceptors (Lipinski definition) is 26. The third-order valence-electron chi connectivity index (χ3n) is 16.6. The highest BCUT2D eigenvalue weighted by molar-refractivity contribution is 14.1. The van der Waals surface area contributed by atoms with E-state index in [0.29, 0.717) is 26.7 Å². The maximum atomic E-state index is 14.5. The molecule has 7 aliphatic rings. The number of likely N-dealkylation sites (N-methyl/N-ethyl adjacent to an activating group) is 1. The normalized spacial score (nSPS) is 36.4. The van der Waals surface area contributed by atoms with E-state index in [0.717, 1.165) is 37.7 Å². The molecule has 1 aromatic rings. The number of methoxy groups -OCH3 is 4. The summed E-state index contributed by atoms with van der Waals surface area (Å²) in [5, 5.41) is 61.0. The van der Waals surface area contributed by atoms with E-state index < -0.39 is 120 Å². The van der Waals surface area contributed by atoms with Gasteiger partial charge in [-0.2, -0.15) is 5.48 Å². The maximum absolute atomic E-state index is 14.5. The lowest BCUT2D eigenvalue weighted by Gasteiger charge is -2.46. The second-order valence-electron chi connectivity index (χ2n) is 22.8. The summed E-state index contributed by atoms with van der Waals surface area (Å²) in [6.07, 6.45) is -10.2. The Bertz CT molecular complexity index is 2850. The molecule has 2 aliphatic carbocycles. The Morgan fingerprint density at radius 3 is 2.27 bits per heavy atom. The largest absolute Gasteiger partial charge is 0.492 e. The van der Waals surface area contributed by atoms with Gasteiger partial charge in [0.15, 0.2) is 41.8 Å². The minimum Gasteiger partial charge on any atom is -0.492 e. The third-order valence-corrected chi connectivity index (χ3v) is 22.1. The number of rotatable bonds is 23. The van der Waals surface area contributed by atoms with E-state index in [4.69, 9.17) is 56.9 Å². The number of Topliss-reactive ketones (excluding diaryl/α,β-unsaturated/α-hetero) is 2. The zero-order valence-corrected chi connectivity index (χ0v) is 56.0. The highest BCUT2D eigenvalue weighted by Crippen LogP contribution is 2.49. The molecular weight excluding hydrogens is 1320 g/mol. The van der Waals surface area contributed by atoms with Crippen molar-refractivity contribution in [1.29, 1.82) is 0 Å². The van der Waals surface area contributed by atoms with Crippen LogP contribution in [0.5, 0.6) is 17.2 Å². The molecule has 5 heterocycles. The standard InChI is InChI=1S/C61H84IN3O20S3/c1-12-63-38-29-78-43(27-42(38)74-8)83-55-50(70)48(32(4)80-60(55)82-41-17-15-13-14-16-21-61(73)28-40(68)36(25-30(2)66)46(41)37(61)20-24-86-88-35-18-22-65(7)23-19-35)64-85-44-26-39(67)57(34(6)79-44)87-58(72)45-31(3)47(62)53(56(77-11)52(45)75-9)84-59-51(71)54(76-10)49(69)33(5)81-59/h13-14,20,32-35,38-39,41-44,48-51,54-55,57,59-60,63-64,67,69-71,73H,12,18-19,22-29H2,1-11H3/b14-13-,37-20+/t32-,33+,34-,38+,39+,41+,42+,43+,44+,48-,49+,50+,51-,54-,55-,57-,59+,60+,61+/m1/s1. The number of carbonyl (C=O) groups is 3. The smallest absolute Gasteiger partial charge is 0.229 e. The second-order valence-corrected chi connectivity index (χ2v) is 27.7. The Balaban J connectivity index is 1.01. The van der Waals surface area contributed by atoms with Gasteiger partial charge in [-0.25, -0.2) is 0 Å². The minimum absolute atomic E-state index is 0.0352. The fourth-order valence-electron chi connectivity index (χ4n) is 11.9. The van der Waals surface area contributed by atoms with Crippen LogP contribution in [-0.2, 0) is 52.3 Å². The van der Waals surface area contributed by atoms with E-state index in [1.807, 2.05) is 35.6 Å². The first kappa shape index (κ1) is 70.9. The van der Waals surface area contributed by atoms with Crippen molar-refractivity contribution in [3.8, 4) is 40.9 Å². The third kappa shape index (κ3) is 16.5. The van der Waals surface area contributed by atoms with Crippen LogP contribution in [0.25, 0.3) is 0 Å². The van der Waals surface area contributed by atoms with Crippen molar-refractivity contribution in [2.75, 3.05) is 67.5 Å². The number of likely N-dealkylation sites (tertiary alicyclic amines) is 1. The van der Waals surface area contributed by atoms with Gasteiger partial charge in [0.1, 0.15) is 42.4 Å². The first-order valence-electron chi connectivity index (χ1n) is 29.5. The Labute approximate surface area is 540 Å². The number of thioether (sulfide) groups is 1. The zero-order valence-electron chi connectivity index (χ0n) is 51.4. The first-order chi connectivity index (χ1) is 42.1. The summed E-state index contributed by atoms with van der Waals surface area (Å²) < 4.78 is 68.1. The number of ether oxygens (including phenoxy) is 11. The van der Waals surface area contributed by atoms with Gasteiger partial charge >= 0.3 is 0 Å². The van der Waals surface area contributed by atoms with Crippen LogP contribution in [0.1, 0.15) is 89.1 Å². The molecule has 0 aromatic heterocycles. The molecule has 7 N–H and O–H groups in total. The van der Waals surface area contributed by atoms with Crippen LogP contribution in [0.15, 0.2) is 34.9 Å². The molecule has 0 amide bonds. The molecule has 2 bridgehead atoms. The number of fused-ring (bicyclic) bond motifs is 2. The van der Waals surface area contributed by atoms with E-state index in [1.165, 1.54) is 40.4 Å². The molecule has 5 fully saturated rings. The van der Waals surface area contributed by atoms with Crippen LogP contribution in [0, 0.1) is 34.2 Å². The van der Waals surface area contributed by atoms with Gasteiger partial charge in [-0.05, 0) is 114 Å². The lowest BCUT2D eigenvalue weighted by atomic mass is 9.72. The van der Waals surface area contributed by atoms with E-state index >= 15 is 0 Å². The molecule has 27 heteroatoms. The molecule has 0 spiro atoms. The van der Waals surface area contributed by atoms with Gasteiger partial charge in [0.05, 0.1) is 84.2 Å². The number of allylic oxidation sites excluding steroid dienone is 3. The quantitative estimate of drug-likeness (QED) is 0.0270. The molecule has 0 unspecified atom stereocenters. The van der Waals surface area contributed by atoms with Crippen LogP contribution in [0.4, 0.5) is 0 Å². The Hall–Kier alpha value is -2.93. The van der Waals surface area contributed by atoms with Crippen LogP contribution in [0.2, 0.25) is 0 Å². The van der Waals surface area contributed by atoms with Crippen LogP contribution in [0.3, 0.4) is 0 Å². The summed E-state index contributed by atoms with van der Waals surface area (Å²) in [5.41, 5.74) is 2.14. The zero-order chi connectivity index (χ0) is 63.7. The highest BCUT2D eigenvalue weighted by atomic mass is 127. The predicted octanol–water partition coefficient (Wildman–Crippen LogP) is 3.68. The van der Waals surface area contributed by atoms with E-state index in [1.54, 1.807) is 56.4 Å². The molecule has 19 atom stereocenters. The van der Waals surface area contributed by atoms with Gasteiger partial charge in [0.25, 0.3) is 0 Å². The SMILES string of the molecule is CCN[C@H]1CO[C@@H](O[C@H]2[C@H](O[C@H]3C#C/C=C\C#C[C@]4(O)CC(=O)C(CC(C)=O)=C3/C4=C\CSSC3CCN(C)CC3)O[C@H](C)[C@@H](NO[C@H]3C[C@H](O)[C@H](SC(=O)c4c(C)c(I)c(O[C@@H]5O[C@@H](C)[C@H](O)[C@@H](OC)[C@H]5O)c(OC)c4OC)[C@@H](C)O3)[C@@H]2O)C[C@@H]1OC. The fourth-order valence-corrected chi connectivity index (χ4v) is 16.1. The van der Waals surface area contributed by atoms with Gasteiger partial charge in [-0.1, -0.05) is 70.0 Å². The Morgan fingerprint density at radius 1 is 0.886 bits per heavy atom. The predicted molar refractivity (Wildman–Crippen MR) is 336 cm³/mol. The maximum Gasteiger partial charge on any atom is 0.229 e. The number of halogens is 1. The second kappa shape index (κ2) is 32.3. The number of nitrogens with one attached hydrogen (secondary N) is 2. The van der Waals surface area contributed by atoms with Crippen molar-refractivity contribution in [1.82, 2.24) is 15.7 Å². The average Bonchev–Trinajstić information content (AvgIpc) is 2.79. The minimum atomic E-state index is -1.98. The van der Waals surface area contributed by atoms with Gasteiger partial charge in [0, 0.05) is 61.2 Å². The average molecular weight is 1400 g/mol. The van der Waals surface area contributed by atoms with Gasteiger partial charge in [-0.15, -0.1) is 0 Å². The summed E-state index contributed by atoms with van der Waals surface area (Å²) in [4.78, 5) is 50.3. The van der Waals surface area contributed by atoms with Crippen molar-refractivity contribution in [3.63, 3.8) is 0 Å². The molecule has 88 heavy (non-hydrogen) atoms. The fraction of sp³-hybridized carbons (Fsp3) is 0.689.